The highest BCUT2D eigenvalue weighted by Gasteiger charge is 2.36. The van der Waals surface area contributed by atoms with E-state index in [0.29, 0.717) is 25.2 Å². The van der Waals surface area contributed by atoms with E-state index in [1.54, 1.807) is 0 Å². The largest absolute Gasteiger partial charge is 0.463 e. The summed E-state index contributed by atoms with van der Waals surface area (Å²) in [6.07, 6.45) is 9.88. The van der Waals surface area contributed by atoms with Crippen molar-refractivity contribution in [1.82, 2.24) is 0 Å². The SMILES string of the molecule is CCCCCC(C)OC(=O)CCCC(=O)OC1CCCCC1C(C)(C)C. The third-order valence-electron chi connectivity index (χ3n) is 5.41. The number of unbranched alkanes of at least 4 members (excludes halogenated alkanes) is 2. The van der Waals surface area contributed by atoms with Crippen molar-refractivity contribution < 1.29 is 19.1 Å². The van der Waals surface area contributed by atoms with Gasteiger partial charge in [-0.05, 0) is 50.9 Å². The van der Waals surface area contributed by atoms with Crippen molar-refractivity contribution in [3.8, 4) is 0 Å². The van der Waals surface area contributed by atoms with E-state index in [4.69, 9.17) is 9.47 Å². The van der Waals surface area contributed by atoms with Crippen LogP contribution in [0, 0.1) is 11.3 Å². The lowest BCUT2D eigenvalue weighted by Gasteiger charge is -2.39. The highest BCUT2D eigenvalue weighted by atomic mass is 16.5. The standard InChI is InChI=1S/C22H40O4/c1-6-7-8-12-17(2)25-20(23)15-11-16-21(24)26-19-14-10-9-13-18(19)22(3,4)5/h17-19H,6-16H2,1-5H3. The van der Waals surface area contributed by atoms with E-state index in [-0.39, 0.29) is 29.6 Å². The first-order valence-electron chi connectivity index (χ1n) is 10.6. The molecule has 0 aromatic rings. The lowest BCUT2D eigenvalue weighted by atomic mass is 9.70. The lowest BCUT2D eigenvalue weighted by molar-refractivity contribution is -0.157. The Bertz CT molecular complexity index is 424. The Labute approximate surface area is 160 Å². The van der Waals surface area contributed by atoms with E-state index in [1.165, 1.54) is 19.3 Å². The molecule has 0 bridgehead atoms. The van der Waals surface area contributed by atoms with Crippen LogP contribution < -0.4 is 0 Å². The molecule has 4 heteroatoms. The van der Waals surface area contributed by atoms with E-state index in [9.17, 15) is 9.59 Å². The second-order valence-electron chi connectivity index (χ2n) is 8.94. The van der Waals surface area contributed by atoms with Gasteiger partial charge in [-0.25, -0.2) is 0 Å². The summed E-state index contributed by atoms with van der Waals surface area (Å²) >= 11 is 0. The molecule has 1 fully saturated rings. The zero-order chi connectivity index (χ0) is 19.6. The Morgan fingerprint density at radius 2 is 1.65 bits per heavy atom. The molecule has 0 N–H and O–H groups in total. The lowest BCUT2D eigenvalue weighted by Crippen LogP contribution is -2.38. The molecule has 1 aliphatic carbocycles. The van der Waals surface area contributed by atoms with Gasteiger partial charge in [0, 0.05) is 18.8 Å². The first kappa shape index (κ1) is 23.0. The molecule has 26 heavy (non-hydrogen) atoms. The van der Waals surface area contributed by atoms with Crippen molar-refractivity contribution in [3.05, 3.63) is 0 Å². The van der Waals surface area contributed by atoms with Gasteiger partial charge in [-0.15, -0.1) is 0 Å². The van der Waals surface area contributed by atoms with Crippen LogP contribution in [-0.2, 0) is 19.1 Å². The zero-order valence-corrected chi connectivity index (χ0v) is 17.6. The molecule has 152 valence electrons. The minimum atomic E-state index is -0.202. The van der Waals surface area contributed by atoms with Gasteiger partial charge < -0.3 is 9.47 Å². The molecule has 0 spiro atoms. The molecule has 0 radical (unpaired) electrons. The van der Waals surface area contributed by atoms with E-state index < -0.39 is 0 Å². The highest BCUT2D eigenvalue weighted by molar-refractivity contribution is 5.72. The van der Waals surface area contributed by atoms with Gasteiger partial charge >= 0.3 is 11.9 Å². The third kappa shape index (κ3) is 9.05. The average molecular weight is 369 g/mol. The Hall–Kier alpha value is -1.06. The minimum absolute atomic E-state index is 0.0294. The highest BCUT2D eigenvalue weighted by Crippen LogP contribution is 2.39. The van der Waals surface area contributed by atoms with Crippen LogP contribution in [0.15, 0.2) is 0 Å². The Balaban J connectivity index is 2.26. The van der Waals surface area contributed by atoms with Gasteiger partial charge in [-0.2, -0.15) is 0 Å². The summed E-state index contributed by atoms with van der Waals surface area (Å²) in [5.74, 6) is 0.0520. The van der Waals surface area contributed by atoms with Crippen LogP contribution in [0.3, 0.4) is 0 Å². The van der Waals surface area contributed by atoms with Crippen molar-refractivity contribution in [2.24, 2.45) is 11.3 Å². The molecule has 1 rings (SSSR count). The normalized spacial score (nSPS) is 21.9. The van der Waals surface area contributed by atoms with Gasteiger partial charge in [0.15, 0.2) is 0 Å². The van der Waals surface area contributed by atoms with E-state index in [2.05, 4.69) is 27.7 Å². The third-order valence-corrected chi connectivity index (χ3v) is 5.41. The van der Waals surface area contributed by atoms with Crippen molar-refractivity contribution in [3.63, 3.8) is 0 Å². The predicted molar refractivity (Wildman–Crippen MR) is 105 cm³/mol. The molecule has 1 aliphatic rings. The minimum Gasteiger partial charge on any atom is -0.463 e. The summed E-state index contributed by atoms with van der Waals surface area (Å²) in [4.78, 5) is 24.1. The molecule has 3 unspecified atom stereocenters. The Morgan fingerprint density at radius 3 is 2.31 bits per heavy atom. The molecular formula is C22H40O4. The number of ether oxygens (including phenoxy) is 2. The first-order valence-corrected chi connectivity index (χ1v) is 10.6. The molecule has 0 aromatic heterocycles. The smallest absolute Gasteiger partial charge is 0.306 e. The van der Waals surface area contributed by atoms with Crippen LogP contribution in [0.5, 0.6) is 0 Å². The monoisotopic (exact) mass is 368 g/mol. The van der Waals surface area contributed by atoms with Gasteiger partial charge in [0.2, 0.25) is 0 Å². The van der Waals surface area contributed by atoms with Gasteiger partial charge in [0.1, 0.15) is 6.10 Å². The quantitative estimate of drug-likeness (QED) is 0.360. The summed E-state index contributed by atoms with van der Waals surface area (Å²) < 4.78 is 11.2. The van der Waals surface area contributed by atoms with Gasteiger partial charge in [-0.3, -0.25) is 9.59 Å². The van der Waals surface area contributed by atoms with Crippen LogP contribution >= 0.6 is 0 Å². The van der Waals surface area contributed by atoms with Crippen LogP contribution in [0.1, 0.15) is 105 Å². The molecule has 0 aromatic carbocycles. The number of carbonyl (C=O) groups excluding carboxylic acids is 2. The number of esters is 2. The maximum Gasteiger partial charge on any atom is 0.306 e. The van der Waals surface area contributed by atoms with Crippen LogP contribution in [0.2, 0.25) is 0 Å². The molecule has 1 saturated carbocycles. The number of hydrogen-bond acceptors (Lipinski definition) is 4. The summed E-state index contributed by atoms with van der Waals surface area (Å²) in [5.41, 5.74) is 0.156. The molecule has 0 aliphatic heterocycles. The Kier molecular flexibility index (Phi) is 10.3. The molecule has 3 atom stereocenters. The van der Waals surface area contributed by atoms with Crippen molar-refractivity contribution in [2.45, 2.75) is 117 Å². The molecule has 0 saturated heterocycles. The summed E-state index contributed by atoms with van der Waals surface area (Å²) in [6, 6.07) is 0. The van der Waals surface area contributed by atoms with Gasteiger partial charge in [-0.1, -0.05) is 47.0 Å². The fourth-order valence-electron chi connectivity index (χ4n) is 3.86. The van der Waals surface area contributed by atoms with Crippen molar-refractivity contribution in [1.29, 1.82) is 0 Å². The molecule has 4 nitrogen and oxygen atoms in total. The average Bonchev–Trinajstić information content (AvgIpc) is 2.54. The summed E-state index contributed by atoms with van der Waals surface area (Å²) in [5, 5.41) is 0. The van der Waals surface area contributed by atoms with Crippen molar-refractivity contribution >= 4 is 11.9 Å². The maximum absolute atomic E-state index is 12.2. The van der Waals surface area contributed by atoms with Crippen LogP contribution in [0.25, 0.3) is 0 Å². The van der Waals surface area contributed by atoms with Crippen LogP contribution in [-0.4, -0.2) is 24.1 Å². The second-order valence-corrected chi connectivity index (χ2v) is 8.94. The first-order chi connectivity index (χ1) is 12.2. The summed E-state index contributed by atoms with van der Waals surface area (Å²) in [6.45, 7) is 10.8. The topological polar surface area (TPSA) is 52.6 Å². The zero-order valence-electron chi connectivity index (χ0n) is 17.6. The fraction of sp³-hybridized carbons (Fsp3) is 0.909. The number of carbonyl (C=O) groups is 2. The maximum atomic E-state index is 12.2. The predicted octanol–water partition coefficient (Wildman–Crippen LogP) is 5.82. The van der Waals surface area contributed by atoms with E-state index >= 15 is 0 Å². The summed E-state index contributed by atoms with van der Waals surface area (Å²) in [7, 11) is 0. The number of rotatable bonds is 10. The van der Waals surface area contributed by atoms with E-state index in [1.807, 2.05) is 6.92 Å². The number of hydrogen-bond donors (Lipinski definition) is 0. The molecule has 0 heterocycles. The fourth-order valence-corrected chi connectivity index (χ4v) is 3.86. The van der Waals surface area contributed by atoms with Gasteiger partial charge in [0.05, 0.1) is 6.10 Å². The molecular weight excluding hydrogens is 328 g/mol. The Morgan fingerprint density at radius 1 is 1.00 bits per heavy atom. The van der Waals surface area contributed by atoms with Crippen LogP contribution in [0.4, 0.5) is 0 Å². The molecule has 0 amide bonds. The van der Waals surface area contributed by atoms with Crippen molar-refractivity contribution in [2.75, 3.05) is 0 Å². The van der Waals surface area contributed by atoms with E-state index in [0.717, 1.165) is 32.1 Å². The second kappa shape index (κ2) is 11.6. The van der Waals surface area contributed by atoms with Gasteiger partial charge in [0.25, 0.3) is 0 Å².